The molecule has 0 saturated carbocycles. The fourth-order valence-corrected chi connectivity index (χ4v) is 0.713. The molecule has 1 aromatic rings. The molecule has 1 aromatic carbocycles. The van der Waals surface area contributed by atoms with Crippen molar-refractivity contribution in [2.24, 2.45) is 0 Å². The van der Waals surface area contributed by atoms with Crippen LogP contribution >= 0.6 is 0 Å². The molecule has 1 rings (SSSR count). The van der Waals surface area contributed by atoms with E-state index in [1.807, 2.05) is 31.2 Å². The summed E-state index contributed by atoms with van der Waals surface area (Å²) in [4.78, 5) is 0. The summed E-state index contributed by atoms with van der Waals surface area (Å²) in [7, 11) is -18.0. The van der Waals surface area contributed by atoms with Gasteiger partial charge < -0.3 is 58.2 Å². The zero-order valence-electron chi connectivity index (χ0n) is 12.6. The van der Waals surface area contributed by atoms with Gasteiger partial charge in [0.05, 0.1) is 0 Å². The van der Waals surface area contributed by atoms with E-state index in [-0.39, 0.29) is 51.4 Å². The van der Waals surface area contributed by atoms with E-state index in [1.165, 1.54) is 0 Å². The van der Waals surface area contributed by atoms with E-state index >= 15 is 0 Å². The van der Waals surface area contributed by atoms with Gasteiger partial charge in [-0.05, 0) is 0 Å². The standard InChI is InChI=1S/C9H7.3BF4.K/c1-3-9-7-5-4-6-8(9)2;3*2-1(3,4)5;/h4-7H,2H3;;;;/q4*-1;+1. The van der Waals surface area contributed by atoms with Gasteiger partial charge in [0.1, 0.15) is 0 Å². The molecule has 0 aliphatic carbocycles. The summed E-state index contributed by atoms with van der Waals surface area (Å²) < 4.78 is 117. The molecule has 140 valence electrons. The minimum Gasteiger partial charge on any atom is -0.418 e. The third kappa shape index (κ3) is 69.1. The van der Waals surface area contributed by atoms with Gasteiger partial charge in [-0.3, -0.25) is 5.92 Å². The molecule has 0 aliphatic rings. The van der Waals surface area contributed by atoms with Crippen molar-refractivity contribution in [2.75, 3.05) is 0 Å². The van der Waals surface area contributed by atoms with Crippen molar-refractivity contribution in [2.45, 2.75) is 6.92 Å². The van der Waals surface area contributed by atoms with Crippen molar-refractivity contribution in [1.82, 2.24) is 0 Å². The average molecular weight is 415 g/mol. The largest absolute Gasteiger partial charge is 1.00 e. The van der Waals surface area contributed by atoms with E-state index in [4.69, 9.17) is 6.42 Å². The monoisotopic (exact) mass is 415 g/mol. The number of aryl methyl sites for hydroxylation is 1. The number of hydrogen-bond acceptors (Lipinski definition) is 0. The smallest absolute Gasteiger partial charge is 0.418 e. The summed E-state index contributed by atoms with van der Waals surface area (Å²) in [5.41, 5.74) is 1.98. The van der Waals surface area contributed by atoms with Crippen LogP contribution in [0.3, 0.4) is 0 Å². The van der Waals surface area contributed by atoms with Crippen LogP contribution in [0, 0.1) is 19.3 Å². The Hall–Kier alpha value is -0.229. The summed E-state index contributed by atoms with van der Waals surface area (Å²) in [5.74, 6) is 2.35. The molecule has 16 heteroatoms. The Morgan fingerprint density at radius 3 is 1.08 bits per heavy atom. The van der Waals surface area contributed by atoms with E-state index in [0.29, 0.717) is 0 Å². The second-order valence-electron chi connectivity index (χ2n) is 3.42. The molecule has 0 aliphatic heterocycles. The number of benzene rings is 1. The summed E-state index contributed by atoms with van der Waals surface area (Å²) in [6.45, 7) is 1.97. The van der Waals surface area contributed by atoms with Crippen LogP contribution in [0.1, 0.15) is 11.1 Å². The number of rotatable bonds is 0. The molecule has 0 spiro atoms. The van der Waals surface area contributed by atoms with Crippen molar-refractivity contribution < 1.29 is 103 Å². The zero-order chi connectivity index (χ0) is 20.2. The fourth-order valence-electron chi connectivity index (χ4n) is 0.713. The predicted octanol–water partition coefficient (Wildman–Crippen LogP) is 2.84. The first-order chi connectivity index (χ1) is 10.3. The Labute approximate surface area is 178 Å². The molecule has 0 nitrogen and oxygen atoms in total. The number of halogens is 12. The second-order valence-corrected chi connectivity index (χ2v) is 3.42. The van der Waals surface area contributed by atoms with E-state index in [0.717, 1.165) is 11.1 Å². The van der Waals surface area contributed by atoms with Crippen LogP contribution in [-0.2, 0) is 0 Å². The maximum atomic E-state index is 9.75. The quantitative estimate of drug-likeness (QED) is 0.265. The zero-order valence-corrected chi connectivity index (χ0v) is 15.7. The van der Waals surface area contributed by atoms with Gasteiger partial charge in [-0.15, -0.1) is 17.2 Å². The Balaban J connectivity index is -0.000000122. The minimum absolute atomic E-state index is 0. The van der Waals surface area contributed by atoms with Gasteiger partial charge in [-0.1, -0.05) is 25.1 Å². The Kier molecular flexibility index (Phi) is 19.3. The first-order valence-corrected chi connectivity index (χ1v) is 5.45. The molecule has 0 unspecified atom stereocenters. The summed E-state index contributed by atoms with van der Waals surface area (Å²) in [6.07, 6.45) is 6.83. The SMILES string of the molecule is F[B-](F)(F)F.F[B-](F)(F)F.F[B-](F)(F)F.[C-]#Cc1ccccc1C.[K+]. The molecule has 0 radical (unpaired) electrons. The van der Waals surface area contributed by atoms with Gasteiger partial charge in [0.15, 0.2) is 0 Å². The Morgan fingerprint density at radius 1 is 0.680 bits per heavy atom. The van der Waals surface area contributed by atoms with Crippen LogP contribution in [0.2, 0.25) is 0 Å². The van der Waals surface area contributed by atoms with Crippen LogP contribution in [-0.4, -0.2) is 21.8 Å². The maximum Gasteiger partial charge on any atom is 1.00 e. The average Bonchev–Trinajstić information content (AvgIpc) is 2.22. The van der Waals surface area contributed by atoms with Gasteiger partial charge in [0.25, 0.3) is 0 Å². The second kappa shape index (κ2) is 14.9. The molecule has 0 amide bonds. The Morgan fingerprint density at radius 2 is 0.920 bits per heavy atom. The molecule has 0 aromatic heterocycles. The molecule has 0 heterocycles. The summed E-state index contributed by atoms with van der Waals surface area (Å²) in [6, 6.07) is 7.71. The molecule has 0 bridgehead atoms. The summed E-state index contributed by atoms with van der Waals surface area (Å²) in [5, 5.41) is 0. The van der Waals surface area contributed by atoms with Crippen LogP contribution in [0.15, 0.2) is 24.3 Å². The molecule has 0 N–H and O–H groups in total. The van der Waals surface area contributed by atoms with E-state index in [2.05, 4.69) is 5.92 Å². The van der Waals surface area contributed by atoms with Gasteiger partial charge in [-0.2, -0.15) is 0 Å². The fraction of sp³-hybridized carbons (Fsp3) is 0.111. The molecule has 0 saturated heterocycles. The third-order valence-corrected chi connectivity index (χ3v) is 1.28. The van der Waals surface area contributed by atoms with Crippen molar-refractivity contribution >= 4 is 21.8 Å². The van der Waals surface area contributed by atoms with Crippen molar-refractivity contribution in [3.05, 3.63) is 41.8 Å². The Bertz CT molecular complexity index is 444. The van der Waals surface area contributed by atoms with Crippen LogP contribution < -0.4 is 51.4 Å². The van der Waals surface area contributed by atoms with Gasteiger partial charge in [0, 0.05) is 0 Å². The molecule has 0 fully saturated rings. The summed E-state index contributed by atoms with van der Waals surface area (Å²) >= 11 is 0. The molecule has 0 atom stereocenters. The van der Waals surface area contributed by atoms with E-state index in [1.54, 1.807) is 0 Å². The van der Waals surface area contributed by atoms with Crippen LogP contribution in [0.4, 0.5) is 51.8 Å². The molecular formula is C9H7B3F12K-3. The van der Waals surface area contributed by atoms with Crippen LogP contribution in [0.25, 0.3) is 0 Å². The van der Waals surface area contributed by atoms with Gasteiger partial charge >= 0.3 is 73.1 Å². The predicted molar refractivity (Wildman–Crippen MR) is 68.0 cm³/mol. The molecule has 25 heavy (non-hydrogen) atoms. The van der Waals surface area contributed by atoms with Crippen LogP contribution in [0.5, 0.6) is 0 Å². The van der Waals surface area contributed by atoms with Crippen molar-refractivity contribution in [3.63, 3.8) is 0 Å². The first kappa shape index (κ1) is 32.4. The topological polar surface area (TPSA) is 0 Å². The van der Waals surface area contributed by atoms with Gasteiger partial charge in [0.2, 0.25) is 0 Å². The minimum atomic E-state index is -6.00. The third-order valence-electron chi connectivity index (χ3n) is 1.28. The van der Waals surface area contributed by atoms with E-state index < -0.39 is 21.8 Å². The van der Waals surface area contributed by atoms with Gasteiger partial charge in [-0.25, -0.2) is 0 Å². The molecular weight excluding hydrogens is 408 g/mol. The number of hydrogen-bond donors (Lipinski definition) is 0. The van der Waals surface area contributed by atoms with Crippen molar-refractivity contribution in [3.8, 4) is 5.92 Å². The van der Waals surface area contributed by atoms with E-state index in [9.17, 15) is 51.8 Å². The first-order valence-electron chi connectivity index (χ1n) is 5.45. The maximum absolute atomic E-state index is 9.75. The normalized spacial score (nSPS) is 10.2. The van der Waals surface area contributed by atoms with Crippen molar-refractivity contribution in [1.29, 1.82) is 0 Å².